The van der Waals surface area contributed by atoms with E-state index in [-0.39, 0.29) is 5.75 Å². The molecule has 0 aliphatic carbocycles. The van der Waals surface area contributed by atoms with Gasteiger partial charge in [-0.2, -0.15) is 0 Å². The van der Waals surface area contributed by atoms with Crippen LogP contribution in [0.1, 0.15) is 0 Å². The largest absolute Gasteiger partial charge is 0.508 e. The van der Waals surface area contributed by atoms with E-state index < -0.39 is 11.6 Å². The van der Waals surface area contributed by atoms with Crippen LogP contribution < -0.4 is 0 Å². The highest BCUT2D eigenvalue weighted by Gasteiger charge is 1.94. The molecule has 0 aliphatic heterocycles. The Bertz CT molecular complexity index is 447. The Balaban J connectivity index is 2.73. The van der Waals surface area contributed by atoms with Crippen molar-refractivity contribution in [3.8, 4) is 5.75 Å². The number of carbonyl (C=O) groups excluding carboxylic acids is 1. The predicted octanol–water partition coefficient (Wildman–Crippen LogP) is 2.70. The van der Waals surface area contributed by atoms with Crippen molar-refractivity contribution in [2.75, 3.05) is 0 Å². The summed E-state index contributed by atoms with van der Waals surface area (Å²) < 4.78 is 13.0. The van der Waals surface area contributed by atoms with Crippen LogP contribution in [0, 0.1) is 0 Å². The fourth-order valence-corrected chi connectivity index (χ4v) is 0.907. The van der Waals surface area contributed by atoms with Gasteiger partial charge in [-0.1, -0.05) is 6.58 Å². The molecule has 3 nitrogen and oxygen atoms in total. The number of carbonyl (C=O) groups is 1. The van der Waals surface area contributed by atoms with Gasteiger partial charge in [-0.05, 0) is 30.3 Å². The van der Waals surface area contributed by atoms with Crippen molar-refractivity contribution in [1.82, 2.24) is 0 Å². The summed E-state index contributed by atoms with van der Waals surface area (Å²) in [5.41, 5.74) is 0.479. The molecule has 0 radical (unpaired) electrons. The molecule has 0 aromatic heterocycles. The van der Waals surface area contributed by atoms with E-state index in [1.54, 1.807) is 0 Å². The van der Waals surface area contributed by atoms with Crippen molar-refractivity contribution in [1.29, 1.82) is 0 Å². The van der Waals surface area contributed by atoms with Gasteiger partial charge >= 0.3 is 0 Å². The van der Waals surface area contributed by atoms with Crippen LogP contribution in [-0.2, 0) is 4.79 Å². The lowest BCUT2D eigenvalue weighted by Crippen LogP contribution is -1.86. The minimum Gasteiger partial charge on any atom is -0.508 e. The first-order chi connectivity index (χ1) is 7.61. The van der Waals surface area contributed by atoms with Crippen LogP contribution in [0.3, 0.4) is 0 Å². The minimum atomic E-state index is -0.752. The molecule has 0 heterocycles. The van der Waals surface area contributed by atoms with E-state index in [0.29, 0.717) is 5.69 Å². The number of phenolic OH excluding ortho intramolecular Hbond substituents is 1. The number of nitrogens with zero attached hydrogens (tertiary/aromatic N) is 1. The van der Waals surface area contributed by atoms with Crippen molar-refractivity contribution < 1.29 is 14.3 Å². The van der Waals surface area contributed by atoms with Gasteiger partial charge in [0.15, 0.2) is 5.78 Å². The molecule has 0 bridgehead atoms. The topological polar surface area (TPSA) is 49.7 Å². The second kappa shape index (κ2) is 5.60. The van der Waals surface area contributed by atoms with E-state index in [0.717, 1.165) is 18.4 Å². The molecule has 0 fully saturated rings. The Kier molecular flexibility index (Phi) is 4.15. The first-order valence-corrected chi connectivity index (χ1v) is 4.48. The summed E-state index contributed by atoms with van der Waals surface area (Å²) in [6.07, 6.45) is 2.72. The van der Waals surface area contributed by atoms with Crippen LogP contribution in [-0.4, -0.2) is 17.1 Å². The quantitative estimate of drug-likeness (QED) is 0.625. The summed E-state index contributed by atoms with van der Waals surface area (Å²) in [7, 11) is 0. The maximum absolute atomic E-state index is 13.0. The zero-order valence-corrected chi connectivity index (χ0v) is 8.43. The Morgan fingerprint density at radius 2 is 2.00 bits per heavy atom. The summed E-state index contributed by atoms with van der Waals surface area (Å²) in [5.74, 6) is -1.16. The highest BCUT2D eigenvalue weighted by atomic mass is 19.1. The zero-order valence-electron chi connectivity index (χ0n) is 8.43. The van der Waals surface area contributed by atoms with Crippen LogP contribution in [0.25, 0.3) is 0 Å². The molecule has 1 rings (SSSR count). The van der Waals surface area contributed by atoms with E-state index >= 15 is 0 Å². The van der Waals surface area contributed by atoms with Crippen molar-refractivity contribution in [2.45, 2.75) is 0 Å². The average Bonchev–Trinajstić information content (AvgIpc) is 2.28. The molecular formula is C12H10FNO2. The molecular weight excluding hydrogens is 209 g/mol. The smallest absolute Gasteiger partial charge is 0.181 e. The monoisotopic (exact) mass is 219 g/mol. The van der Waals surface area contributed by atoms with Gasteiger partial charge in [0.05, 0.1) is 11.9 Å². The molecule has 0 unspecified atom stereocenters. The third-order valence-electron chi connectivity index (χ3n) is 1.67. The number of hydrogen-bond acceptors (Lipinski definition) is 3. The molecule has 16 heavy (non-hydrogen) atoms. The fraction of sp³-hybridized carbons (Fsp3) is 0. The van der Waals surface area contributed by atoms with Crippen LogP contribution in [0.15, 0.2) is 53.8 Å². The number of rotatable bonds is 4. The normalized spacial score (nSPS) is 11.7. The third-order valence-corrected chi connectivity index (χ3v) is 1.67. The molecule has 0 saturated heterocycles. The van der Waals surface area contributed by atoms with Crippen LogP contribution in [0.4, 0.5) is 10.1 Å². The van der Waals surface area contributed by atoms with Gasteiger partial charge < -0.3 is 5.11 Å². The van der Waals surface area contributed by atoms with Crippen molar-refractivity contribution in [2.24, 2.45) is 4.99 Å². The molecule has 4 heteroatoms. The van der Waals surface area contributed by atoms with Gasteiger partial charge in [0, 0.05) is 6.08 Å². The molecule has 1 N–H and O–H groups in total. The number of hydrogen-bond donors (Lipinski definition) is 1. The minimum absolute atomic E-state index is 0.108. The number of halogens is 1. The second-order valence-corrected chi connectivity index (χ2v) is 2.91. The van der Waals surface area contributed by atoms with Gasteiger partial charge in [-0.15, -0.1) is 0 Å². The third kappa shape index (κ3) is 3.88. The van der Waals surface area contributed by atoms with Crippen molar-refractivity contribution in [3.05, 3.63) is 48.8 Å². The zero-order chi connectivity index (χ0) is 12.0. The average molecular weight is 219 g/mol. The lowest BCUT2D eigenvalue weighted by Gasteiger charge is -1.93. The number of phenols is 1. The fourth-order valence-electron chi connectivity index (χ4n) is 0.907. The predicted molar refractivity (Wildman–Crippen MR) is 60.7 cm³/mol. The molecule has 0 atom stereocenters. The van der Waals surface area contributed by atoms with Gasteiger partial charge in [0.2, 0.25) is 0 Å². The number of benzene rings is 1. The molecule has 0 amide bonds. The Labute approximate surface area is 92.3 Å². The first-order valence-electron chi connectivity index (χ1n) is 4.48. The number of aliphatic imine (C=N–C) groups is 1. The first kappa shape index (κ1) is 11.8. The van der Waals surface area contributed by atoms with Gasteiger partial charge in [-0.25, -0.2) is 4.39 Å². The summed E-state index contributed by atoms with van der Waals surface area (Å²) in [5, 5.41) is 8.99. The molecule has 82 valence electrons. The summed E-state index contributed by atoms with van der Waals surface area (Å²) in [6.45, 7) is 3.21. The van der Waals surface area contributed by atoms with Crippen LogP contribution in [0.2, 0.25) is 0 Å². The molecule has 1 aromatic rings. The van der Waals surface area contributed by atoms with Gasteiger partial charge in [-0.3, -0.25) is 9.79 Å². The molecule has 0 spiro atoms. The highest BCUT2D eigenvalue weighted by molar-refractivity contribution is 6.02. The van der Waals surface area contributed by atoms with E-state index in [1.165, 1.54) is 24.3 Å². The van der Waals surface area contributed by atoms with Crippen LogP contribution in [0.5, 0.6) is 5.75 Å². The Hall–Kier alpha value is -2.23. The van der Waals surface area contributed by atoms with E-state index in [4.69, 9.17) is 5.11 Å². The van der Waals surface area contributed by atoms with Crippen molar-refractivity contribution in [3.63, 3.8) is 0 Å². The molecule has 0 aliphatic rings. The maximum atomic E-state index is 13.0. The number of ketones is 1. The van der Waals surface area contributed by atoms with Crippen LogP contribution >= 0.6 is 0 Å². The Morgan fingerprint density at radius 1 is 1.38 bits per heavy atom. The highest BCUT2D eigenvalue weighted by Crippen LogP contribution is 2.16. The van der Waals surface area contributed by atoms with Crippen molar-refractivity contribution >= 4 is 17.7 Å². The summed E-state index contributed by atoms with van der Waals surface area (Å²) in [6, 6.07) is 5.91. The lowest BCUT2D eigenvalue weighted by atomic mass is 10.3. The maximum Gasteiger partial charge on any atom is 0.181 e. The number of allylic oxidation sites excluding steroid dienone is 3. The molecule has 1 aromatic carbocycles. The SMILES string of the molecule is C=CC(=O)/C=C(\F)C=Nc1ccc(O)cc1. The summed E-state index contributed by atoms with van der Waals surface area (Å²) >= 11 is 0. The van der Waals surface area contributed by atoms with Gasteiger partial charge in [0.1, 0.15) is 11.6 Å². The Morgan fingerprint density at radius 3 is 2.56 bits per heavy atom. The number of aromatic hydroxyl groups is 1. The van der Waals surface area contributed by atoms with E-state index in [2.05, 4.69) is 11.6 Å². The molecule has 0 saturated carbocycles. The summed E-state index contributed by atoms with van der Waals surface area (Å²) in [4.78, 5) is 14.5. The second-order valence-electron chi connectivity index (χ2n) is 2.91. The lowest BCUT2D eigenvalue weighted by molar-refractivity contribution is -0.110. The van der Waals surface area contributed by atoms with E-state index in [1.807, 2.05) is 0 Å². The van der Waals surface area contributed by atoms with Gasteiger partial charge in [0.25, 0.3) is 0 Å². The van der Waals surface area contributed by atoms with E-state index in [9.17, 15) is 9.18 Å². The standard InChI is InChI=1S/C12H10FNO2/c1-2-11(15)7-9(13)8-14-10-3-5-12(16)6-4-10/h2-8,16H,1H2/b9-7-,14-8?.